The van der Waals surface area contributed by atoms with Crippen LogP contribution in [0.3, 0.4) is 0 Å². The van der Waals surface area contributed by atoms with Crippen LogP contribution in [-0.4, -0.2) is 18.5 Å². The van der Waals surface area contributed by atoms with Crippen molar-refractivity contribution in [3.05, 3.63) is 34.6 Å². The van der Waals surface area contributed by atoms with Crippen LogP contribution < -0.4 is 0 Å². The van der Waals surface area contributed by atoms with Gasteiger partial charge in [-0.25, -0.2) is 4.39 Å². The minimum absolute atomic E-state index is 0.0423. The molecule has 1 aromatic carbocycles. The molecule has 0 aromatic heterocycles. The lowest BCUT2D eigenvalue weighted by molar-refractivity contribution is 0.0859. The number of ketones is 1. The Labute approximate surface area is 105 Å². The molecule has 0 aliphatic carbocycles. The summed E-state index contributed by atoms with van der Waals surface area (Å²) >= 11 is 5.56. The van der Waals surface area contributed by atoms with Crippen molar-refractivity contribution in [1.82, 2.24) is 0 Å². The maximum Gasteiger partial charge on any atom is 0.163 e. The van der Waals surface area contributed by atoms with Gasteiger partial charge in [0, 0.05) is 18.6 Å². The fraction of sp³-hybridized carbons (Fsp3) is 0.462. The largest absolute Gasteiger partial charge is 0.378 e. The van der Waals surface area contributed by atoms with Crippen LogP contribution >= 0.6 is 11.6 Å². The summed E-state index contributed by atoms with van der Waals surface area (Å²) in [5.74, 6) is -0.606. The Hall–Kier alpha value is -0.930. The van der Waals surface area contributed by atoms with Crippen molar-refractivity contribution in [3.8, 4) is 0 Å². The van der Waals surface area contributed by atoms with Crippen LogP contribution in [0, 0.1) is 5.82 Å². The molecule has 92 valence electrons. The molecule has 4 heteroatoms. The molecule has 0 radical (unpaired) electrons. The first kappa shape index (κ1) is 12.5. The number of hydrogen-bond acceptors (Lipinski definition) is 2. The molecule has 17 heavy (non-hydrogen) atoms. The van der Waals surface area contributed by atoms with Gasteiger partial charge in [0.05, 0.1) is 11.1 Å². The van der Waals surface area contributed by atoms with Crippen LogP contribution in [0.1, 0.15) is 36.0 Å². The van der Waals surface area contributed by atoms with E-state index in [9.17, 15) is 9.18 Å². The highest BCUT2D eigenvalue weighted by atomic mass is 35.5. The highest BCUT2D eigenvalue weighted by Gasteiger charge is 2.17. The van der Waals surface area contributed by atoms with E-state index in [1.165, 1.54) is 12.1 Å². The van der Waals surface area contributed by atoms with Gasteiger partial charge in [-0.3, -0.25) is 4.79 Å². The van der Waals surface area contributed by atoms with Gasteiger partial charge in [-0.1, -0.05) is 11.6 Å². The molecule has 1 aliphatic heterocycles. The highest BCUT2D eigenvalue weighted by molar-refractivity contribution is 6.30. The predicted molar refractivity (Wildman–Crippen MR) is 63.9 cm³/mol. The lowest BCUT2D eigenvalue weighted by Crippen LogP contribution is -2.09. The number of rotatable bonds is 4. The van der Waals surface area contributed by atoms with Gasteiger partial charge >= 0.3 is 0 Å². The average Bonchev–Trinajstić information content (AvgIpc) is 2.82. The zero-order valence-electron chi connectivity index (χ0n) is 9.42. The Morgan fingerprint density at radius 3 is 3.00 bits per heavy atom. The maximum atomic E-state index is 13.2. The van der Waals surface area contributed by atoms with Crippen molar-refractivity contribution in [2.75, 3.05) is 6.61 Å². The Morgan fingerprint density at radius 2 is 2.35 bits per heavy atom. The molecular weight excluding hydrogens is 243 g/mol. The van der Waals surface area contributed by atoms with Crippen molar-refractivity contribution >= 4 is 17.4 Å². The minimum atomic E-state index is -0.547. The molecule has 0 saturated carbocycles. The van der Waals surface area contributed by atoms with Crippen molar-refractivity contribution in [2.24, 2.45) is 0 Å². The smallest absolute Gasteiger partial charge is 0.163 e. The fourth-order valence-corrected chi connectivity index (χ4v) is 2.10. The first-order valence-electron chi connectivity index (χ1n) is 5.76. The highest BCUT2D eigenvalue weighted by Crippen LogP contribution is 2.20. The number of carbonyl (C=O) groups excluding carboxylic acids is 1. The van der Waals surface area contributed by atoms with E-state index in [1.54, 1.807) is 6.07 Å². The fourth-order valence-electron chi connectivity index (χ4n) is 1.98. The molecule has 1 atom stereocenters. The number of hydrogen-bond donors (Lipinski definition) is 0. The summed E-state index contributed by atoms with van der Waals surface area (Å²) in [6, 6.07) is 4.17. The summed E-state index contributed by atoms with van der Waals surface area (Å²) < 4.78 is 18.6. The zero-order valence-corrected chi connectivity index (χ0v) is 10.2. The molecule has 1 unspecified atom stereocenters. The second kappa shape index (κ2) is 5.61. The number of ether oxygens (including phenoxy) is 1. The molecule has 2 nitrogen and oxygen atoms in total. The molecule has 2 rings (SSSR count). The maximum absolute atomic E-state index is 13.2. The SMILES string of the molecule is O=C(CCC1CCCO1)c1ccc(Cl)c(F)c1. The van der Waals surface area contributed by atoms with Crippen LogP contribution in [0.2, 0.25) is 5.02 Å². The molecule has 0 bridgehead atoms. The van der Waals surface area contributed by atoms with Gasteiger partial charge in [0.2, 0.25) is 0 Å². The van der Waals surface area contributed by atoms with Crippen molar-refractivity contribution in [2.45, 2.75) is 31.8 Å². The zero-order chi connectivity index (χ0) is 12.3. The molecule has 1 aromatic rings. The van der Waals surface area contributed by atoms with Gasteiger partial charge in [-0.2, -0.15) is 0 Å². The Balaban J connectivity index is 1.92. The summed E-state index contributed by atoms with van der Waals surface area (Å²) in [6.45, 7) is 0.786. The molecule has 1 aliphatic rings. The van der Waals surface area contributed by atoms with E-state index < -0.39 is 5.82 Å². The van der Waals surface area contributed by atoms with Gasteiger partial charge in [-0.05, 0) is 37.5 Å². The van der Waals surface area contributed by atoms with Crippen LogP contribution in [0.4, 0.5) is 4.39 Å². The van der Waals surface area contributed by atoms with Crippen LogP contribution in [0.5, 0.6) is 0 Å². The summed E-state index contributed by atoms with van der Waals surface area (Å²) in [6.07, 6.45) is 3.38. The lowest BCUT2D eigenvalue weighted by atomic mass is 10.0. The molecular formula is C13H14ClFO2. The number of Topliss-reactive ketones (excluding diaryl/α,β-unsaturated/α-hetero) is 1. The summed E-state index contributed by atoms with van der Waals surface area (Å²) in [7, 11) is 0. The second-order valence-corrected chi connectivity index (χ2v) is 4.63. The molecule has 0 spiro atoms. The second-order valence-electron chi connectivity index (χ2n) is 4.23. The molecule has 1 saturated heterocycles. The first-order valence-corrected chi connectivity index (χ1v) is 6.14. The van der Waals surface area contributed by atoms with Gasteiger partial charge in [0.15, 0.2) is 5.78 Å². The third-order valence-corrected chi connectivity index (χ3v) is 3.27. The van der Waals surface area contributed by atoms with E-state index in [0.29, 0.717) is 18.4 Å². The van der Waals surface area contributed by atoms with E-state index in [2.05, 4.69) is 0 Å². The monoisotopic (exact) mass is 256 g/mol. The predicted octanol–water partition coefficient (Wildman–Crippen LogP) is 3.62. The standard InChI is InChI=1S/C13H14ClFO2/c14-11-5-3-9(8-12(11)15)13(16)6-4-10-2-1-7-17-10/h3,5,8,10H,1-2,4,6-7H2. The summed E-state index contributed by atoms with van der Waals surface area (Å²) in [4.78, 5) is 11.8. The van der Waals surface area contributed by atoms with Gasteiger partial charge in [0.1, 0.15) is 5.82 Å². The minimum Gasteiger partial charge on any atom is -0.378 e. The molecule has 1 fully saturated rings. The van der Waals surface area contributed by atoms with E-state index in [-0.39, 0.29) is 16.9 Å². The van der Waals surface area contributed by atoms with Gasteiger partial charge in [0.25, 0.3) is 0 Å². The first-order chi connectivity index (χ1) is 8.16. The van der Waals surface area contributed by atoms with Crippen LogP contribution in [0.15, 0.2) is 18.2 Å². The number of benzene rings is 1. The van der Waals surface area contributed by atoms with E-state index in [4.69, 9.17) is 16.3 Å². The van der Waals surface area contributed by atoms with Crippen LogP contribution in [0.25, 0.3) is 0 Å². The Morgan fingerprint density at radius 1 is 1.53 bits per heavy atom. The van der Waals surface area contributed by atoms with Crippen molar-refractivity contribution in [3.63, 3.8) is 0 Å². The summed E-state index contributed by atoms with van der Waals surface area (Å²) in [5, 5.41) is 0.0423. The number of halogens is 2. The normalized spacial score (nSPS) is 19.5. The molecule has 0 N–H and O–H groups in total. The lowest BCUT2D eigenvalue weighted by Gasteiger charge is -2.08. The summed E-state index contributed by atoms with van der Waals surface area (Å²) in [5.41, 5.74) is 0.380. The molecule has 0 amide bonds. The van der Waals surface area contributed by atoms with E-state index in [1.807, 2.05) is 0 Å². The molecule has 1 heterocycles. The van der Waals surface area contributed by atoms with Gasteiger partial charge in [-0.15, -0.1) is 0 Å². The quantitative estimate of drug-likeness (QED) is 0.769. The van der Waals surface area contributed by atoms with E-state index >= 15 is 0 Å². The van der Waals surface area contributed by atoms with Crippen molar-refractivity contribution in [1.29, 1.82) is 0 Å². The number of carbonyl (C=O) groups is 1. The van der Waals surface area contributed by atoms with Crippen molar-refractivity contribution < 1.29 is 13.9 Å². The Bertz CT molecular complexity index is 414. The van der Waals surface area contributed by atoms with E-state index in [0.717, 1.165) is 19.4 Å². The van der Waals surface area contributed by atoms with Crippen LogP contribution in [-0.2, 0) is 4.74 Å². The Kier molecular flexibility index (Phi) is 4.13. The average molecular weight is 257 g/mol. The third-order valence-electron chi connectivity index (χ3n) is 2.96. The van der Waals surface area contributed by atoms with Gasteiger partial charge < -0.3 is 4.74 Å². The topological polar surface area (TPSA) is 26.3 Å². The third kappa shape index (κ3) is 3.27.